The summed E-state index contributed by atoms with van der Waals surface area (Å²) in [6.07, 6.45) is 3.33. The van der Waals surface area contributed by atoms with Crippen LogP contribution in [-0.2, 0) is 0 Å². The van der Waals surface area contributed by atoms with E-state index in [0.717, 1.165) is 11.6 Å². The normalized spacial score (nSPS) is 14.8. The lowest BCUT2D eigenvalue weighted by Gasteiger charge is -2.31. The lowest BCUT2D eigenvalue weighted by Crippen LogP contribution is -2.37. The molecule has 0 spiro atoms. The molecular formula is C14H23ClN2S. The number of hydrogen-bond acceptors (Lipinski definition) is 3. The summed E-state index contributed by atoms with van der Waals surface area (Å²) in [6, 6.07) is 8.36. The molecule has 2 unspecified atom stereocenters. The lowest BCUT2D eigenvalue weighted by atomic mass is 9.99. The first-order valence-corrected chi connectivity index (χ1v) is 8.03. The zero-order valence-electron chi connectivity index (χ0n) is 11.4. The molecule has 1 aromatic carbocycles. The van der Waals surface area contributed by atoms with Gasteiger partial charge < -0.3 is 5.73 Å². The average Bonchev–Trinajstić information content (AvgIpc) is 2.32. The predicted octanol–water partition coefficient (Wildman–Crippen LogP) is 3.41. The quantitative estimate of drug-likeness (QED) is 0.779. The van der Waals surface area contributed by atoms with Crippen molar-refractivity contribution in [1.82, 2.24) is 4.90 Å². The van der Waals surface area contributed by atoms with E-state index >= 15 is 0 Å². The molecule has 2 atom stereocenters. The molecule has 0 aromatic heterocycles. The van der Waals surface area contributed by atoms with Crippen LogP contribution in [0.3, 0.4) is 0 Å². The van der Waals surface area contributed by atoms with Crippen LogP contribution in [0.2, 0.25) is 5.02 Å². The van der Waals surface area contributed by atoms with E-state index in [1.54, 1.807) is 0 Å². The van der Waals surface area contributed by atoms with Gasteiger partial charge in [0.15, 0.2) is 0 Å². The summed E-state index contributed by atoms with van der Waals surface area (Å²) in [5, 5.41) is 0.771. The first-order valence-electron chi connectivity index (χ1n) is 6.26. The summed E-state index contributed by atoms with van der Waals surface area (Å²) < 4.78 is 0. The van der Waals surface area contributed by atoms with Crippen molar-refractivity contribution in [2.24, 2.45) is 5.73 Å². The number of nitrogens with two attached hydrogens (primary N) is 1. The van der Waals surface area contributed by atoms with Crippen LogP contribution in [0.4, 0.5) is 0 Å². The summed E-state index contributed by atoms with van der Waals surface area (Å²) in [7, 11) is 2.14. The minimum absolute atomic E-state index is 0.102. The SMILES string of the molecule is CSCCCN(C)C(c1ccc(Cl)cc1)C(C)N. The van der Waals surface area contributed by atoms with Crippen molar-refractivity contribution in [3.8, 4) is 0 Å². The van der Waals surface area contributed by atoms with E-state index in [0.29, 0.717) is 0 Å². The van der Waals surface area contributed by atoms with Gasteiger partial charge in [-0.15, -0.1) is 0 Å². The van der Waals surface area contributed by atoms with Gasteiger partial charge in [0.25, 0.3) is 0 Å². The fraction of sp³-hybridized carbons (Fsp3) is 0.571. The highest BCUT2D eigenvalue weighted by atomic mass is 35.5. The monoisotopic (exact) mass is 286 g/mol. The molecule has 4 heteroatoms. The van der Waals surface area contributed by atoms with Gasteiger partial charge in [0, 0.05) is 17.1 Å². The molecule has 0 radical (unpaired) electrons. The number of hydrogen-bond donors (Lipinski definition) is 1. The number of benzene rings is 1. The smallest absolute Gasteiger partial charge is 0.0493 e. The van der Waals surface area contributed by atoms with Gasteiger partial charge in [0.1, 0.15) is 0 Å². The van der Waals surface area contributed by atoms with Gasteiger partial charge in [0.05, 0.1) is 0 Å². The number of likely N-dealkylation sites (N-methyl/N-ethyl adjacent to an activating group) is 1. The summed E-state index contributed by atoms with van der Waals surface area (Å²) >= 11 is 7.82. The molecule has 18 heavy (non-hydrogen) atoms. The topological polar surface area (TPSA) is 29.3 Å². The Balaban J connectivity index is 2.72. The van der Waals surface area contributed by atoms with Crippen molar-refractivity contribution in [3.63, 3.8) is 0 Å². The van der Waals surface area contributed by atoms with Gasteiger partial charge in [-0.2, -0.15) is 11.8 Å². The van der Waals surface area contributed by atoms with Crippen LogP contribution in [0.25, 0.3) is 0 Å². The maximum Gasteiger partial charge on any atom is 0.0493 e. The van der Waals surface area contributed by atoms with Crippen LogP contribution in [0.15, 0.2) is 24.3 Å². The minimum Gasteiger partial charge on any atom is -0.326 e. The zero-order chi connectivity index (χ0) is 13.5. The van der Waals surface area contributed by atoms with Crippen LogP contribution in [-0.4, -0.2) is 36.5 Å². The van der Waals surface area contributed by atoms with Crippen molar-refractivity contribution in [3.05, 3.63) is 34.9 Å². The fourth-order valence-corrected chi connectivity index (χ4v) is 2.76. The molecule has 0 saturated carbocycles. The molecule has 2 N–H and O–H groups in total. The number of thioether (sulfide) groups is 1. The van der Waals surface area contributed by atoms with Crippen molar-refractivity contribution in [2.45, 2.75) is 25.4 Å². The standard InChI is InChI=1S/C14H23ClN2S/c1-11(16)14(17(2)9-4-10-18-3)12-5-7-13(15)8-6-12/h5-8,11,14H,4,9-10,16H2,1-3H3. The number of nitrogens with zero attached hydrogens (tertiary/aromatic N) is 1. The molecule has 0 amide bonds. The molecule has 102 valence electrons. The van der Waals surface area contributed by atoms with Crippen LogP contribution >= 0.6 is 23.4 Å². The van der Waals surface area contributed by atoms with Gasteiger partial charge in [-0.3, -0.25) is 4.90 Å². The van der Waals surface area contributed by atoms with Gasteiger partial charge in [-0.05, 0) is 56.6 Å². The van der Waals surface area contributed by atoms with E-state index in [9.17, 15) is 0 Å². The Kier molecular flexibility index (Phi) is 7.08. The van der Waals surface area contributed by atoms with Crippen LogP contribution in [0.5, 0.6) is 0 Å². The molecule has 0 fully saturated rings. The van der Waals surface area contributed by atoms with E-state index < -0.39 is 0 Å². The summed E-state index contributed by atoms with van der Waals surface area (Å²) in [5.41, 5.74) is 7.37. The second kappa shape index (κ2) is 8.05. The minimum atomic E-state index is 0.102. The highest BCUT2D eigenvalue weighted by Crippen LogP contribution is 2.24. The molecule has 0 saturated heterocycles. The molecule has 0 heterocycles. The zero-order valence-corrected chi connectivity index (χ0v) is 13.0. The van der Waals surface area contributed by atoms with Crippen molar-refractivity contribution >= 4 is 23.4 Å². The van der Waals surface area contributed by atoms with E-state index in [4.69, 9.17) is 17.3 Å². The molecule has 0 aliphatic heterocycles. The molecule has 0 bridgehead atoms. The van der Waals surface area contributed by atoms with Gasteiger partial charge >= 0.3 is 0 Å². The summed E-state index contributed by atoms with van der Waals surface area (Å²) in [6.45, 7) is 3.13. The molecule has 1 aromatic rings. The Labute approximate surface area is 120 Å². The third-order valence-corrected chi connectivity index (χ3v) is 3.99. The summed E-state index contributed by atoms with van der Waals surface area (Å²) in [4.78, 5) is 2.34. The Morgan fingerprint density at radius 2 is 1.94 bits per heavy atom. The molecule has 1 rings (SSSR count). The molecule has 0 aliphatic rings. The molecular weight excluding hydrogens is 264 g/mol. The number of halogens is 1. The maximum atomic E-state index is 6.13. The van der Waals surface area contributed by atoms with Crippen LogP contribution in [0.1, 0.15) is 24.9 Å². The average molecular weight is 287 g/mol. The van der Waals surface area contributed by atoms with Gasteiger partial charge in [0.2, 0.25) is 0 Å². The van der Waals surface area contributed by atoms with Crippen molar-refractivity contribution in [2.75, 3.05) is 25.6 Å². The Morgan fingerprint density at radius 1 is 1.33 bits per heavy atom. The molecule has 2 nitrogen and oxygen atoms in total. The predicted molar refractivity (Wildman–Crippen MR) is 83.5 cm³/mol. The first kappa shape index (κ1) is 15.8. The first-order chi connectivity index (χ1) is 8.56. The third-order valence-electron chi connectivity index (χ3n) is 3.04. The van der Waals surface area contributed by atoms with Crippen LogP contribution < -0.4 is 5.73 Å². The largest absolute Gasteiger partial charge is 0.326 e. The van der Waals surface area contributed by atoms with Crippen molar-refractivity contribution < 1.29 is 0 Å². The third kappa shape index (κ3) is 4.81. The second-order valence-electron chi connectivity index (χ2n) is 4.68. The van der Waals surface area contributed by atoms with E-state index in [1.807, 2.05) is 23.9 Å². The highest BCUT2D eigenvalue weighted by Gasteiger charge is 2.20. The van der Waals surface area contributed by atoms with Gasteiger partial charge in [-0.25, -0.2) is 0 Å². The molecule has 0 aliphatic carbocycles. The Bertz CT molecular complexity index is 340. The van der Waals surface area contributed by atoms with Gasteiger partial charge in [-0.1, -0.05) is 23.7 Å². The van der Waals surface area contributed by atoms with Crippen LogP contribution in [0, 0.1) is 0 Å². The van der Waals surface area contributed by atoms with E-state index in [1.165, 1.54) is 17.7 Å². The van der Waals surface area contributed by atoms with E-state index in [-0.39, 0.29) is 12.1 Å². The Morgan fingerprint density at radius 3 is 2.44 bits per heavy atom. The number of rotatable bonds is 7. The summed E-state index contributed by atoms with van der Waals surface area (Å²) in [5.74, 6) is 1.19. The highest BCUT2D eigenvalue weighted by molar-refractivity contribution is 7.98. The fourth-order valence-electron chi connectivity index (χ4n) is 2.22. The second-order valence-corrected chi connectivity index (χ2v) is 6.10. The van der Waals surface area contributed by atoms with E-state index in [2.05, 4.69) is 37.3 Å². The Hall–Kier alpha value is -0.220. The van der Waals surface area contributed by atoms with Crippen molar-refractivity contribution in [1.29, 1.82) is 0 Å². The maximum absolute atomic E-state index is 6.13. The lowest BCUT2D eigenvalue weighted by molar-refractivity contribution is 0.220.